The Morgan fingerprint density at radius 2 is 2.04 bits per heavy atom. The van der Waals surface area contributed by atoms with E-state index >= 15 is 0 Å². The summed E-state index contributed by atoms with van der Waals surface area (Å²) in [6.07, 6.45) is 1.97. The molecule has 0 saturated heterocycles. The second-order valence-corrected chi connectivity index (χ2v) is 5.71. The van der Waals surface area contributed by atoms with Crippen molar-refractivity contribution in [2.24, 2.45) is 0 Å². The van der Waals surface area contributed by atoms with E-state index < -0.39 is 0 Å². The van der Waals surface area contributed by atoms with Crippen molar-refractivity contribution in [3.05, 3.63) is 46.3 Å². The standard InChI is InChI=1S/C18H24N2O3/c1-5-6-9-19-18(21)17-16(14(4)23-20-17)11-22-15-8-7-12(2)13(3)10-15/h7-8,10H,5-6,9,11H2,1-4H3,(H,19,21). The number of benzene rings is 1. The number of hydrogen-bond acceptors (Lipinski definition) is 4. The summed E-state index contributed by atoms with van der Waals surface area (Å²) in [6, 6.07) is 5.93. The molecule has 0 spiro atoms. The molecule has 5 heteroatoms. The van der Waals surface area contributed by atoms with Gasteiger partial charge in [0.15, 0.2) is 5.69 Å². The van der Waals surface area contributed by atoms with Crippen molar-refractivity contribution < 1.29 is 14.1 Å². The normalized spacial score (nSPS) is 10.6. The van der Waals surface area contributed by atoms with Crippen molar-refractivity contribution in [3.63, 3.8) is 0 Å². The lowest BCUT2D eigenvalue weighted by molar-refractivity contribution is 0.0942. The van der Waals surface area contributed by atoms with E-state index in [1.807, 2.05) is 25.1 Å². The Morgan fingerprint density at radius 1 is 1.26 bits per heavy atom. The number of carbonyl (C=O) groups is 1. The average Bonchev–Trinajstić information content (AvgIpc) is 2.89. The van der Waals surface area contributed by atoms with Crippen molar-refractivity contribution in [3.8, 4) is 5.75 Å². The molecule has 0 radical (unpaired) electrons. The van der Waals surface area contributed by atoms with E-state index in [0.29, 0.717) is 23.6 Å². The van der Waals surface area contributed by atoms with Crippen LogP contribution in [0, 0.1) is 20.8 Å². The fourth-order valence-corrected chi connectivity index (χ4v) is 2.16. The summed E-state index contributed by atoms with van der Waals surface area (Å²) >= 11 is 0. The first-order valence-electron chi connectivity index (χ1n) is 7.96. The molecule has 0 bridgehead atoms. The van der Waals surface area contributed by atoms with Gasteiger partial charge in [-0.15, -0.1) is 0 Å². The fraction of sp³-hybridized carbons (Fsp3) is 0.444. The Balaban J connectivity index is 2.06. The Hall–Kier alpha value is -2.30. The zero-order valence-corrected chi connectivity index (χ0v) is 14.2. The summed E-state index contributed by atoms with van der Waals surface area (Å²) in [5.74, 6) is 1.16. The van der Waals surface area contributed by atoms with E-state index in [1.54, 1.807) is 6.92 Å². The summed E-state index contributed by atoms with van der Waals surface area (Å²) < 4.78 is 11.0. The molecule has 23 heavy (non-hydrogen) atoms. The van der Waals surface area contributed by atoms with E-state index in [2.05, 4.69) is 24.3 Å². The first kappa shape index (κ1) is 17.1. The number of ether oxygens (including phenoxy) is 1. The number of aromatic nitrogens is 1. The van der Waals surface area contributed by atoms with Gasteiger partial charge in [0, 0.05) is 6.54 Å². The summed E-state index contributed by atoms with van der Waals surface area (Å²) in [4.78, 5) is 12.2. The van der Waals surface area contributed by atoms with Gasteiger partial charge in [-0.3, -0.25) is 4.79 Å². The van der Waals surface area contributed by atoms with Gasteiger partial charge in [-0.25, -0.2) is 0 Å². The highest BCUT2D eigenvalue weighted by Crippen LogP contribution is 2.20. The molecule has 0 fully saturated rings. The van der Waals surface area contributed by atoms with Crippen molar-refractivity contribution in [2.75, 3.05) is 6.54 Å². The second kappa shape index (κ2) is 7.81. The predicted molar refractivity (Wildman–Crippen MR) is 88.7 cm³/mol. The van der Waals surface area contributed by atoms with Crippen LogP contribution in [0.3, 0.4) is 0 Å². The van der Waals surface area contributed by atoms with Crippen LogP contribution in [-0.2, 0) is 6.61 Å². The minimum absolute atomic E-state index is 0.214. The number of aryl methyl sites for hydroxylation is 3. The molecule has 1 amide bonds. The van der Waals surface area contributed by atoms with Crippen molar-refractivity contribution in [1.82, 2.24) is 10.5 Å². The van der Waals surface area contributed by atoms with Crippen LogP contribution in [0.5, 0.6) is 5.75 Å². The quantitative estimate of drug-likeness (QED) is 0.791. The zero-order chi connectivity index (χ0) is 16.8. The summed E-state index contributed by atoms with van der Waals surface area (Å²) in [7, 11) is 0. The van der Waals surface area contributed by atoms with Crippen molar-refractivity contribution >= 4 is 5.91 Å². The van der Waals surface area contributed by atoms with Gasteiger partial charge in [0.2, 0.25) is 0 Å². The maximum Gasteiger partial charge on any atom is 0.273 e. The third-order valence-electron chi connectivity index (χ3n) is 3.88. The Bertz CT molecular complexity index is 677. The molecule has 0 saturated carbocycles. The molecule has 2 rings (SSSR count). The maximum absolute atomic E-state index is 12.2. The lowest BCUT2D eigenvalue weighted by Gasteiger charge is -2.09. The molecular weight excluding hydrogens is 292 g/mol. The minimum Gasteiger partial charge on any atom is -0.489 e. The summed E-state index contributed by atoms with van der Waals surface area (Å²) in [6.45, 7) is 8.86. The number of unbranched alkanes of at least 4 members (excludes halogenated alkanes) is 1. The second-order valence-electron chi connectivity index (χ2n) is 5.71. The molecule has 1 N–H and O–H groups in total. The number of rotatable bonds is 7. The van der Waals surface area contributed by atoms with E-state index in [-0.39, 0.29) is 12.5 Å². The smallest absolute Gasteiger partial charge is 0.273 e. The van der Waals surface area contributed by atoms with Crippen LogP contribution in [0.25, 0.3) is 0 Å². The highest BCUT2D eigenvalue weighted by atomic mass is 16.5. The van der Waals surface area contributed by atoms with Gasteiger partial charge in [0.25, 0.3) is 5.91 Å². The number of hydrogen-bond donors (Lipinski definition) is 1. The van der Waals surface area contributed by atoms with Crippen LogP contribution in [0.2, 0.25) is 0 Å². The van der Waals surface area contributed by atoms with E-state index in [9.17, 15) is 4.79 Å². The van der Waals surface area contributed by atoms with Crippen LogP contribution in [0.15, 0.2) is 22.7 Å². The van der Waals surface area contributed by atoms with Crippen LogP contribution in [-0.4, -0.2) is 17.6 Å². The fourth-order valence-electron chi connectivity index (χ4n) is 2.16. The molecule has 1 aromatic heterocycles. The molecule has 0 aliphatic heterocycles. The van der Waals surface area contributed by atoms with E-state index in [1.165, 1.54) is 11.1 Å². The molecular formula is C18H24N2O3. The average molecular weight is 316 g/mol. The van der Waals surface area contributed by atoms with E-state index in [0.717, 1.165) is 18.6 Å². The van der Waals surface area contributed by atoms with Crippen LogP contribution >= 0.6 is 0 Å². The maximum atomic E-state index is 12.2. The Morgan fingerprint density at radius 3 is 2.74 bits per heavy atom. The number of nitrogens with one attached hydrogen (secondary N) is 1. The first-order valence-corrected chi connectivity index (χ1v) is 7.96. The number of nitrogens with zero attached hydrogens (tertiary/aromatic N) is 1. The van der Waals surface area contributed by atoms with Gasteiger partial charge in [-0.1, -0.05) is 24.6 Å². The van der Waals surface area contributed by atoms with Gasteiger partial charge in [-0.2, -0.15) is 0 Å². The molecule has 2 aromatic rings. The third-order valence-corrected chi connectivity index (χ3v) is 3.88. The summed E-state index contributed by atoms with van der Waals surface area (Å²) in [5.41, 5.74) is 3.39. The van der Waals surface area contributed by atoms with Gasteiger partial charge >= 0.3 is 0 Å². The predicted octanol–water partition coefficient (Wildman–Crippen LogP) is 3.71. The minimum atomic E-state index is -0.214. The van der Waals surface area contributed by atoms with E-state index in [4.69, 9.17) is 9.26 Å². The van der Waals surface area contributed by atoms with Gasteiger partial charge in [0.05, 0.1) is 5.56 Å². The van der Waals surface area contributed by atoms with Crippen molar-refractivity contribution in [1.29, 1.82) is 0 Å². The molecule has 0 atom stereocenters. The molecule has 0 aliphatic rings. The highest BCUT2D eigenvalue weighted by molar-refractivity contribution is 5.93. The SMILES string of the molecule is CCCCNC(=O)c1noc(C)c1COc1ccc(C)c(C)c1. The largest absolute Gasteiger partial charge is 0.489 e. The van der Waals surface area contributed by atoms with Gasteiger partial charge < -0.3 is 14.6 Å². The highest BCUT2D eigenvalue weighted by Gasteiger charge is 2.20. The molecule has 5 nitrogen and oxygen atoms in total. The van der Waals surface area contributed by atoms with Gasteiger partial charge in [-0.05, 0) is 50.5 Å². The Labute approximate surface area is 137 Å². The first-order chi connectivity index (χ1) is 11.0. The van der Waals surface area contributed by atoms with Crippen LogP contribution in [0.4, 0.5) is 0 Å². The molecule has 1 aromatic carbocycles. The molecule has 0 unspecified atom stereocenters. The lowest BCUT2D eigenvalue weighted by atomic mass is 10.1. The topological polar surface area (TPSA) is 64.4 Å². The third kappa shape index (κ3) is 4.34. The van der Waals surface area contributed by atoms with Crippen LogP contribution < -0.4 is 10.1 Å². The number of carbonyl (C=O) groups excluding carboxylic acids is 1. The molecule has 0 aliphatic carbocycles. The molecule has 124 valence electrons. The van der Waals surface area contributed by atoms with Crippen LogP contribution in [0.1, 0.15) is 52.7 Å². The van der Waals surface area contributed by atoms with Gasteiger partial charge in [0.1, 0.15) is 18.1 Å². The Kier molecular flexibility index (Phi) is 5.79. The zero-order valence-electron chi connectivity index (χ0n) is 14.2. The monoisotopic (exact) mass is 316 g/mol. The lowest BCUT2D eigenvalue weighted by Crippen LogP contribution is -2.26. The summed E-state index contributed by atoms with van der Waals surface area (Å²) in [5, 5.41) is 6.72. The number of amides is 1. The molecule has 1 heterocycles. The van der Waals surface area contributed by atoms with Crippen molar-refractivity contribution in [2.45, 2.75) is 47.1 Å².